The molecule has 5 atom stereocenters. The van der Waals surface area contributed by atoms with Crippen molar-refractivity contribution in [1.29, 1.82) is 0 Å². The number of allylic oxidation sites excluding steroid dienone is 1. The molecule has 3 aromatic carbocycles. The third-order valence-corrected chi connectivity index (χ3v) is 6.78. The predicted molar refractivity (Wildman–Crippen MR) is 127 cm³/mol. The molecule has 0 heterocycles. The summed E-state index contributed by atoms with van der Waals surface area (Å²) in [5.41, 5.74) is 4.05. The highest BCUT2D eigenvalue weighted by atomic mass is 16.3. The summed E-state index contributed by atoms with van der Waals surface area (Å²) in [5, 5.41) is 11.0. The summed E-state index contributed by atoms with van der Waals surface area (Å²) < 4.78 is 0. The van der Waals surface area contributed by atoms with Gasteiger partial charge in [0.25, 0.3) is 0 Å². The van der Waals surface area contributed by atoms with Gasteiger partial charge in [-0.15, -0.1) is 0 Å². The van der Waals surface area contributed by atoms with Gasteiger partial charge in [-0.25, -0.2) is 0 Å². The number of rotatable bonds is 5. The van der Waals surface area contributed by atoms with E-state index < -0.39 is 6.10 Å². The van der Waals surface area contributed by atoms with Crippen LogP contribution in [0.25, 0.3) is 6.08 Å². The average Bonchev–Trinajstić information content (AvgIpc) is 2.81. The van der Waals surface area contributed by atoms with Crippen LogP contribution in [0.4, 0.5) is 0 Å². The third-order valence-electron chi connectivity index (χ3n) is 6.78. The zero-order valence-corrected chi connectivity index (χ0v) is 18.2. The maximum Gasteiger partial charge on any atom is 0.162 e. The topological polar surface area (TPSA) is 37.3 Å². The summed E-state index contributed by atoms with van der Waals surface area (Å²) in [6, 6.07) is 30.4. The van der Waals surface area contributed by atoms with Gasteiger partial charge in [0.2, 0.25) is 0 Å². The number of aliphatic hydroxyl groups is 1. The Hall–Kier alpha value is -2.97. The minimum absolute atomic E-state index is 0.000775. The van der Waals surface area contributed by atoms with E-state index in [1.165, 1.54) is 0 Å². The van der Waals surface area contributed by atoms with Gasteiger partial charge in [0, 0.05) is 5.92 Å². The number of aliphatic hydroxyl groups excluding tert-OH is 1. The lowest BCUT2D eigenvalue weighted by molar-refractivity contribution is -0.123. The van der Waals surface area contributed by atoms with E-state index in [1.807, 2.05) is 79.7 Å². The van der Waals surface area contributed by atoms with Crippen molar-refractivity contribution in [2.24, 2.45) is 11.8 Å². The van der Waals surface area contributed by atoms with Gasteiger partial charge >= 0.3 is 0 Å². The molecule has 2 nitrogen and oxygen atoms in total. The minimum Gasteiger partial charge on any atom is -0.393 e. The van der Waals surface area contributed by atoms with Crippen LogP contribution in [0.15, 0.2) is 96.6 Å². The molecule has 0 unspecified atom stereocenters. The molecular formula is C29H30O2. The number of hydrogen-bond donors (Lipinski definition) is 1. The second-order valence-corrected chi connectivity index (χ2v) is 8.74. The minimum atomic E-state index is -0.446. The van der Waals surface area contributed by atoms with E-state index in [4.69, 9.17) is 0 Å². The molecule has 0 bridgehead atoms. The number of carbonyl (C=O) groups excluding carboxylic acids is 1. The van der Waals surface area contributed by atoms with E-state index in [1.54, 1.807) is 0 Å². The van der Waals surface area contributed by atoms with Crippen molar-refractivity contribution in [3.05, 3.63) is 113 Å². The maximum atomic E-state index is 14.0. The molecule has 0 amide bonds. The standard InChI is InChI=1S/C29H30O2/c1-20(18-22-12-6-3-7-13-22)29(31)28-25(23-14-8-4-9-15-23)19-26(30)21(2)27(28)24-16-10-5-11-17-24/h3-18,21,25-28,30H,19H2,1-2H3/b20-18+/t21-,25+,26+,27-,28-/m0/s1. The quantitative estimate of drug-likeness (QED) is 0.505. The van der Waals surface area contributed by atoms with Crippen LogP contribution in [0, 0.1) is 11.8 Å². The molecule has 1 aliphatic carbocycles. The van der Waals surface area contributed by atoms with E-state index in [2.05, 4.69) is 31.2 Å². The van der Waals surface area contributed by atoms with E-state index in [0.29, 0.717) is 6.42 Å². The van der Waals surface area contributed by atoms with Crippen molar-refractivity contribution in [3.8, 4) is 0 Å². The Morgan fingerprint density at radius 3 is 1.94 bits per heavy atom. The fourth-order valence-electron chi connectivity index (χ4n) is 5.15. The number of hydrogen-bond acceptors (Lipinski definition) is 2. The van der Waals surface area contributed by atoms with Gasteiger partial charge in [-0.2, -0.15) is 0 Å². The van der Waals surface area contributed by atoms with Crippen molar-refractivity contribution in [3.63, 3.8) is 0 Å². The summed E-state index contributed by atoms with van der Waals surface area (Å²) in [4.78, 5) is 14.0. The summed E-state index contributed by atoms with van der Waals surface area (Å²) in [5.74, 6) is -0.111. The molecule has 2 heteroatoms. The molecule has 0 aliphatic heterocycles. The monoisotopic (exact) mass is 410 g/mol. The highest BCUT2D eigenvalue weighted by Crippen LogP contribution is 2.50. The van der Waals surface area contributed by atoms with Crippen LogP contribution in [0.3, 0.4) is 0 Å². The van der Waals surface area contributed by atoms with Gasteiger partial charge in [0.1, 0.15) is 0 Å². The number of carbonyl (C=O) groups is 1. The molecule has 1 aliphatic rings. The lowest BCUT2D eigenvalue weighted by Gasteiger charge is -2.44. The van der Waals surface area contributed by atoms with E-state index >= 15 is 0 Å². The van der Waals surface area contributed by atoms with Crippen LogP contribution in [0.1, 0.15) is 48.8 Å². The molecule has 1 N–H and O–H groups in total. The lowest BCUT2D eigenvalue weighted by Crippen LogP contribution is -2.43. The SMILES string of the molecule is C/C(=C\c1ccccc1)C(=O)[C@@H]1[C@H](c2ccccc2)[C@@H](C)[C@H](O)C[C@@H]1c1ccccc1. The molecule has 1 fully saturated rings. The first-order valence-corrected chi connectivity index (χ1v) is 11.1. The third kappa shape index (κ3) is 4.55. The van der Waals surface area contributed by atoms with Crippen LogP contribution < -0.4 is 0 Å². The number of ketones is 1. The van der Waals surface area contributed by atoms with Crippen LogP contribution in [-0.2, 0) is 4.79 Å². The zero-order valence-electron chi connectivity index (χ0n) is 18.2. The van der Waals surface area contributed by atoms with Crippen molar-refractivity contribution in [1.82, 2.24) is 0 Å². The lowest BCUT2D eigenvalue weighted by atomic mass is 9.60. The first-order valence-electron chi connectivity index (χ1n) is 11.1. The Kier molecular flexibility index (Phi) is 6.48. The Morgan fingerprint density at radius 1 is 0.839 bits per heavy atom. The normalized spacial score (nSPS) is 26.4. The molecular weight excluding hydrogens is 380 g/mol. The van der Waals surface area contributed by atoms with Crippen LogP contribution in [-0.4, -0.2) is 17.0 Å². The molecule has 1 saturated carbocycles. The van der Waals surface area contributed by atoms with Crippen molar-refractivity contribution in [2.45, 2.75) is 38.2 Å². The van der Waals surface area contributed by atoms with E-state index in [9.17, 15) is 9.90 Å². The first kappa shape index (κ1) is 21.3. The second kappa shape index (κ2) is 9.45. The van der Waals surface area contributed by atoms with Crippen molar-refractivity contribution < 1.29 is 9.90 Å². The molecule has 0 saturated heterocycles. The fraction of sp³-hybridized carbons (Fsp3) is 0.276. The van der Waals surface area contributed by atoms with Crippen molar-refractivity contribution in [2.75, 3.05) is 0 Å². The molecule has 3 aromatic rings. The van der Waals surface area contributed by atoms with Gasteiger partial charge in [-0.05, 0) is 59.4 Å². The highest BCUT2D eigenvalue weighted by molar-refractivity contribution is 6.01. The highest BCUT2D eigenvalue weighted by Gasteiger charge is 2.46. The summed E-state index contributed by atoms with van der Waals surface area (Å²) in [6.45, 7) is 4.01. The summed E-state index contributed by atoms with van der Waals surface area (Å²) >= 11 is 0. The van der Waals surface area contributed by atoms with Gasteiger partial charge in [0.15, 0.2) is 5.78 Å². The fourth-order valence-corrected chi connectivity index (χ4v) is 5.15. The Balaban J connectivity index is 1.80. The summed E-state index contributed by atoms with van der Waals surface area (Å²) in [6.07, 6.45) is 2.14. The number of benzene rings is 3. The zero-order chi connectivity index (χ0) is 21.8. The van der Waals surface area contributed by atoms with Gasteiger partial charge < -0.3 is 5.11 Å². The largest absolute Gasteiger partial charge is 0.393 e. The second-order valence-electron chi connectivity index (χ2n) is 8.74. The molecule has 0 aromatic heterocycles. The van der Waals surface area contributed by atoms with E-state index in [-0.39, 0.29) is 29.5 Å². The molecule has 0 radical (unpaired) electrons. The van der Waals surface area contributed by atoms with E-state index in [0.717, 1.165) is 22.3 Å². The Labute approximate surface area is 185 Å². The molecule has 158 valence electrons. The van der Waals surface area contributed by atoms with Gasteiger partial charge in [-0.1, -0.05) is 97.9 Å². The Bertz CT molecular complexity index is 1020. The number of Topliss-reactive ketones (excluding diaryl/α,β-unsaturated/α-hetero) is 1. The molecule has 0 spiro atoms. The van der Waals surface area contributed by atoms with Crippen LogP contribution in [0.5, 0.6) is 0 Å². The van der Waals surface area contributed by atoms with Crippen LogP contribution in [0.2, 0.25) is 0 Å². The van der Waals surface area contributed by atoms with Gasteiger partial charge in [0.05, 0.1) is 6.10 Å². The predicted octanol–water partition coefficient (Wildman–Crippen LogP) is 6.24. The van der Waals surface area contributed by atoms with Gasteiger partial charge in [-0.3, -0.25) is 4.79 Å². The average molecular weight is 411 g/mol. The first-order chi connectivity index (χ1) is 15.1. The van der Waals surface area contributed by atoms with Crippen molar-refractivity contribution >= 4 is 11.9 Å². The van der Waals surface area contributed by atoms with Crippen LogP contribution >= 0.6 is 0 Å². The molecule has 31 heavy (non-hydrogen) atoms. The molecule has 4 rings (SSSR count). The Morgan fingerprint density at radius 2 is 1.35 bits per heavy atom. The smallest absolute Gasteiger partial charge is 0.162 e. The maximum absolute atomic E-state index is 14.0. The summed E-state index contributed by atoms with van der Waals surface area (Å²) in [7, 11) is 0.